The van der Waals surface area contributed by atoms with Crippen molar-refractivity contribution in [1.29, 1.82) is 0 Å². The lowest BCUT2D eigenvalue weighted by molar-refractivity contribution is 0.995. The number of hydrogen-bond donors (Lipinski definition) is 0. The molecule has 0 saturated carbocycles. The number of hydrogen-bond acceptors (Lipinski definition) is 1. The van der Waals surface area contributed by atoms with E-state index in [1.165, 1.54) is 23.5 Å². The maximum atomic E-state index is 5.18. The van der Waals surface area contributed by atoms with E-state index in [0.29, 0.717) is 0 Å². The molecule has 0 spiro atoms. The Kier molecular flexibility index (Phi) is 6.02. The van der Waals surface area contributed by atoms with Crippen LogP contribution in [-0.4, -0.2) is 11.5 Å². The van der Waals surface area contributed by atoms with Crippen LogP contribution < -0.4 is 0 Å². The zero-order chi connectivity index (χ0) is 10.1. The first-order valence-electron chi connectivity index (χ1n) is 4.98. The molecule has 0 radical (unpaired) electrons. The fraction of sp³-hybridized carbons (Fsp3) is 0.385. The highest BCUT2D eigenvalue weighted by molar-refractivity contribution is 7.99. The fourth-order valence-electron chi connectivity index (χ4n) is 1.21. The lowest BCUT2D eigenvalue weighted by atomic mass is 10.2. The van der Waals surface area contributed by atoms with Gasteiger partial charge in [0.1, 0.15) is 0 Å². The molecule has 0 aliphatic carbocycles. The lowest BCUT2D eigenvalue weighted by Crippen LogP contribution is -1.89. The van der Waals surface area contributed by atoms with Crippen molar-refractivity contribution >= 4 is 11.8 Å². The molecule has 0 unspecified atom stereocenters. The smallest absolute Gasteiger partial charge is 0.00939 e. The highest BCUT2D eigenvalue weighted by Crippen LogP contribution is 2.08. The molecule has 0 amide bonds. The van der Waals surface area contributed by atoms with Gasteiger partial charge in [-0.3, -0.25) is 0 Å². The van der Waals surface area contributed by atoms with Crippen LogP contribution in [0.1, 0.15) is 18.4 Å². The van der Waals surface area contributed by atoms with E-state index in [-0.39, 0.29) is 0 Å². The van der Waals surface area contributed by atoms with Gasteiger partial charge in [-0.1, -0.05) is 30.3 Å². The third-order valence-electron chi connectivity index (χ3n) is 1.99. The first-order chi connectivity index (χ1) is 6.93. The topological polar surface area (TPSA) is 0 Å². The van der Waals surface area contributed by atoms with Crippen LogP contribution in [-0.2, 0) is 6.42 Å². The van der Waals surface area contributed by atoms with Crippen molar-refractivity contribution in [2.75, 3.05) is 11.5 Å². The molecular formula is C13H16S. The molecule has 0 bridgehead atoms. The summed E-state index contributed by atoms with van der Waals surface area (Å²) in [5.74, 6) is 5.06. The van der Waals surface area contributed by atoms with E-state index in [4.69, 9.17) is 6.42 Å². The van der Waals surface area contributed by atoms with E-state index >= 15 is 0 Å². The third kappa shape index (κ3) is 4.99. The molecule has 0 aliphatic rings. The second kappa shape index (κ2) is 7.53. The highest BCUT2D eigenvalue weighted by Gasteiger charge is 1.92. The van der Waals surface area contributed by atoms with Crippen molar-refractivity contribution in [1.82, 2.24) is 0 Å². The minimum absolute atomic E-state index is 0.915. The molecule has 0 fully saturated rings. The predicted molar refractivity (Wildman–Crippen MR) is 65.5 cm³/mol. The first-order valence-corrected chi connectivity index (χ1v) is 6.14. The Morgan fingerprint density at radius 1 is 1.14 bits per heavy atom. The van der Waals surface area contributed by atoms with Gasteiger partial charge in [-0.15, -0.1) is 12.3 Å². The van der Waals surface area contributed by atoms with Crippen LogP contribution in [0.3, 0.4) is 0 Å². The fourth-order valence-corrected chi connectivity index (χ4v) is 2.15. The van der Waals surface area contributed by atoms with Crippen LogP contribution in [0.25, 0.3) is 0 Å². The van der Waals surface area contributed by atoms with Crippen molar-refractivity contribution in [3.05, 3.63) is 35.9 Å². The summed E-state index contributed by atoms with van der Waals surface area (Å²) in [7, 11) is 0. The van der Waals surface area contributed by atoms with Gasteiger partial charge in [-0.25, -0.2) is 0 Å². The summed E-state index contributed by atoms with van der Waals surface area (Å²) in [6, 6.07) is 10.6. The number of benzene rings is 1. The monoisotopic (exact) mass is 204 g/mol. The van der Waals surface area contributed by atoms with Crippen molar-refractivity contribution in [3.8, 4) is 12.3 Å². The minimum atomic E-state index is 0.915. The summed E-state index contributed by atoms with van der Waals surface area (Å²) in [6.07, 6.45) is 8.41. The second-order valence-corrected chi connectivity index (χ2v) is 4.38. The van der Waals surface area contributed by atoms with Gasteiger partial charge >= 0.3 is 0 Å². The summed E-state index contributed by atoms with van der Waals surface area (Å²) < 4.78 is 0. The first kappa shape index (κ1) is 11.2. The maximum absolute atomic E-state index is 5.18. The van der Waals surface area contributed by atoms with Crippen molar-refractivity contribution in [2.45, 2.75) is 19.3 Å². The van der Waals surface area contributed by atoms with E-state index in [1.807, 2.05) is 11.8 Å². The predicted octanol–water partition coefficient (Wildman–Crippen LogP) is 3.38. The highest BCUT2D eigenvalue weighted by atomic mass is 32.2. The van der Waals surface area contributed by atoms with Crippen LogP contribution >= 0.6 is 11.8 Å². The summed E-state index contributed by atoms with van der Waals surface area (Å²) >= 11 is 1.99. The lowest BCUT2D eigenvalue weighted by Gasteiger charge is -2.00. The van der Waals surface area contributed by atoms with Crippen LogP contribution in [0.5, 0.6) is 0 Å². The van der Waals surface area contributed by atoms with Crippen LogP contribution in [0.4, 0.5) is 0 Å². The molecular weight excluding hydrogens is 188 g/mol. The van der Waals surface area contributed by atoms with Crippen LogP contribution in [0.2, 0.25) is 0 Å². The van der Waals surface area contributed by atoms with Gasteiger partial charge < -0.3 is 0 Å². The molecule has 0 aliphatic heterocycles. The number of thioether (sulfide) groups is 1. The Balaban J connectivity index is 2.03. The molecule has 0 N–H and O–H groups in total. The number of unbranched alkanes of at least 4 members (excludes halogenated alkanes) is 1. The van der Waals surface area contributed by atoms with Gasteiger partial charge in [0.05, 0.1) is 0 Å². The summed E-state index contributed by atoms with van der Waals surface area (Å²) in [6.45, 7) is 0. The third-order valence-corrected chi connectivity index (χ3v) is 3.06. The summed E-state index contributed by atoms with van der Waals surface area (Å²) in [5, 5.41) is 0. The average molecular weight is 204 g/mol. The number of rotatable bonds is 6. The maximum Gasteiger partial charge on any atom is 0.00939 e. The molecule has 0 aromatic heterocycles. The van der Waals surface area contributed by atoms with E-state index in [0.717, 1.165) is 12.8 Å². The molecule has 0 saturated heterocycles. The molecule has 1 heteroatoms. The van der Waals surface area contributed by atoms with E-state index < -0.39 is 0 Å². The Bertz CT molecular complexity index is 271. The van der Waals surface area contributed by atoms with Crippen LogP contribution in [0.15, 0.2) is 30.3 Å². The van der Waals surface area contributed by atoms with E-state index in [2.05, 4.69) is 36.3 Å². The molecule has 74 valence electrons. The number of aryl methyl sites for hydroxylation is 1. The standard InChI is InChI=1S/C13H16S/c1-2-3-7-11-14-12-10-13-8-5-4-6-9-13/h1,4-6,8-9H,3,7,10-12H2. The Morgan fingerprint density at radius 3 is 2.64 bits per heavy atom. The van der Waals surface area contributed by atoms with Crippen molar-refractivity contribution in [2.24, 2.45) is 0 Å². The summed E-state index contributed by atoms with van der Waals surface area (Å²) in [5.41, 5.74) is 1.43. The Labute approximate surface area is 91.1 Å². The van der Waals surface area contributed by atoms with Crippen LogP contribution in [0, 0.1) is 12.3 Å². The zero-order valence-electron chi connectivity index (χ0n) is 8.41. The van der Waals surface area contributed by atoms with E-state index in [1.54, 1.807) is 0 Å². The quantitative estimate of drug-likeness (QED) is 0.505. The van der Waals surface area contributed by atoms with Crippen molar-refractivity contribution < 1.29 is 0 Å². The Hall–Kier alpha value is -0.870. The molecule has 1 aromatic carbocycles. The van der Waals surface area contributed by atoms with Gasteiger partial charge in [-0.2, -0.15) is 11.8 Å². The van der Waals surface area contributed by atoms with Crippen molar-refractivity contribution in [3.63, 3.8) is 0 Å². The molecule has 0 atom stereocenters. The summed E-state index contributed by atoms with van der Waals surface area (Å²) in [4.78, 5) is 0. The molecule has 14 heavy (non-hydrogen) atoms. The normalized spacial score (nSPS) is 9.64. The zero-order valence-corrected chi connectivity index (χ0v) is 9.22. The SMILES string of the molecule is C#CCCCSCCc1ccccc1. The van der Waals surface area contributed by atoms with E-state index in [9.17, 15) is 0 Å². The molecule has 0 nitrogen and oxygen atoms in total. The second-order valence-electron chi connectivity index (χ2n) is 3.16. The Morgan fingerprint density at radius 2 is 1.93 bits per heavy atom. The van der Waals surface area contributed by atoms with Gasteiger partial charge in [0, 0.05) is 6.42 Å². The molecule has 1 rings (SSSR count). The average Bonchev–Trinajstić information content (AvgIpc) is 2.25. The van der Waals surface area contributed by atoms with Gasteiger partial charge in [0.2, 0.25) is 0 Å². The molecule has 1 aromatic rings. The molecule has 0 heterocycles. The number of terminal acetylenes is 1. The van der Waals surface area contributed by atoms with Gasteiger partial charge in [0.25, 0.3) is 0 Å². The van der Waals surface area contributed by atoms with Gasteiger partial charge in [0.15, 0.2) is 0 Å². The van der Waals surface area contributed by atoms with Gasteiger partial charge in [-0.05, 0) is 29.9 Å². The minimum Gasteiger partial charge on any atom is -0.162 e. The largest absolute Gasteiger partial charge is 0.162 e.